The molecule has 0 saturated carbocycles. The number of carboxylic acids is 1. The van der Waals surface area contributed by atoms with Crippen molar-refractivity contribution in [3.05, 3.63) is 59.3 Å². The van der Waals surface area contributed by atoms with E-state index in [1.54, 1.807) is 0 Å². The van der Waals surface area contributed by atoms with Crippen LogP contribution in [0.2, 0.25) is 0 Å². The van der Waals surface area contributed by atoms with E-state index < -0.39 is 5.97 Å². The highest BCUT2D eigenvalue weighted by Crippen LogP contribution is 2.25. The zero-order valence-electron chi connectivity index (χ0n) is 18.8. The van der Waals surface area contributed by atoms with Crippen molar-refractivity contribution >= 4 is 11.8 Å². The van der Waals surface area contributed by atoms with Crippen LogP contribution in [0.1, 0.15) is 55.0 Å². The van der Waals surface area contributed by atoms with Gasteiger partial charge in [0.2, 0.25) is 0 Å². The molecule has 32 heavy (non-hydrogen) atoms. The van der Waals surface area contributed by atoms with E-state index in [2.05, 4.69) is 22.3 Å². The zero-order valence-corrected chi connectivity index (χ0v) is 18.8. The predicted octanol–water partition coefficient (Wildman–Crippen LogP) is 4.32. The van der Waals surface area contributed by atoms with E-state index in [-0.39, 0.29) is 12.5 Å². The van der Waals surface area contributed by atoms with Gasteiger partial charge in [-0.25, -0.2) is 4.98 Å². The maximum Gasteiger partial charge on any atom is 0.306 e. The topological polar surface area (TPSA) is 74.7 Å². The summed E-state index contributed by atoms with van der Waals surface area (Å²) in [6.45, 7) is 4.86. The second-order valence-electron chi connectivity index (χ2n) is 9.08. The molecule has 1 fully saturated rings. The Morgan fingerprint density at radius 3 is 2.94 bits per heavy atom. The highest BCUT2D eigenvalue weighted by atomic mass is 16.5. The molecule has 6 heteroatoms. The van der Waals surface area contributed by atoms with Crippen LogP contribution in [0.5, 0.6) is 0 Å². The number of fused-ring (bicyclic) bond motifs is 1. The van der Waals surface area contributed by atoms with E-state index in [0.717, 1.165) is 63.2 Å². The lowest BCUT2D eigenvalue weighted by molar-refractivity contribution is -0.140. The smallest absolute Gasteiger partial charge is 0.306 e. The Hall–Kier alpha value is -2.44. The maximum atomic E-state index is 11.3. The molecule has 1 saturated heterocycles. The minimum absolute atomic E-state index is 0.00306. The number of piperidine rings is 1. The van der Waals surface area contributed by atoms with Gasteiger partial charge in [0.15, 0.2) is 0 Å². The molecule has 1 aromatic carbocycles. The van der Waals surface area contributed by atoms with Crippen LogP contribution in [0.4, 0.5) is 5.82 Å². The Morgan fingerprint density at radius 2 is 2.09 bits per heavy atom. The van der Waals surface area contributed by atoms with Crippen molar-refractivity contribution in [3.8, 4) is 0 Å². The fourth-order valence-electron chi connectivity index (χ4n) is 4.83. The maximum absolute atomic E-state index is 11.3. The molecule has 0 bridgehead atoms. The molecule has 4 rings (SSSR count). The number of hydrogen-bond acceptors (Lipinski definition) is 5. The van der Waals surface area contributed by atoms with E-state index in [0.29, 0.717) is 12.5 Å². The number of carboxylic acid groups (broad SMARTS) is 1. The third kappa shape index (κ3) is 6.53. The summed E-state index contributed by atoms with van der Waals surface area (Å²) in [7, 11) is 0. The summed E-state index contributed by atoms with van der Waals surface area (Å²) in [5, 5.41) is 12.7. The van der Waals surface area contributed by atoms with Crippen molar-refractivity contribution in [2.75, 3.05) is 38.1 Å². The number of hydrogen-bond donors (Lipinski definition) is 2. The van der Waals surface area contributed by atoms with Gasteiger partial charge in [0.1, 0.15) is 5.82 Å². The SMILES string of the molecule is O=C(O)C[C@H](OC[C@@H]1CCCN(CCCc2ccc3c(n2)NCCC3)C1)c1ccccc1. The lowest BCUT2D eigenvalue weighted by Crippen LogP contribution is -2.38. The first-order valence-electron chi connectivity index (χ1n) is 12.0. The Balaban J connectivity index is 1.23. The number of rotatable bonds is 10. The van der Waals surface area contributed by atoms with Crippen LogP contribution in [0.25, 0.3) is 0 Å². The van der Waals surface area contributed by atoms with E-state index in [1.807, 2.05) is 30.3 Å². The van der Waals surface area contributed by atoms with Gasteiger partial charge >= 0.3 is 5.97 Å². The quantitative estimate of drug-likeness (QED) is 0.577. The lowest BCUT2D eigenvalue weighted by atomic mass is 9.98. The Kier molecular flexibility index (Phi) is 8.13. The van der Waals surface area contributed by atoms with Gasteiger partial charge in [-0.1, -0.05) is 36.4 Å². The summed E-state index contributed by atoms with van der Waals surface area (Å²) < 4.78 is 6.13. The molecule has 2 aromatic rings. The van der Waals surface area contributed by atoms with E-state index in [9.17, 15) is 9.90 Å². The first kappa shape index (κ1) is 22.7. The number of aliphatic carboxylic acids is 1. The van der Waals surface area contributed by atoms with Gasteiger partial charge in [0.25, 0.3) is 0 Å². The predicted molar refractivity (Wildman–Crippen MR) is 126 cm³/mol. The van der Waals surface area contributed by atoms with Crippen molar-refractivity contribution < 1.29 is 14.6 Å². The second-order valence-corrected chi connectivity index (χ2v) is 9.08. The van der Waals surface area contributed by atoms with Crippen molar-refractivity contribution in [1.29, 1.82) is 0 Å². The fraction of sp³-hybridized carbons (Fsp3) is 0.538. The summed E-state index contributed by atoms with van der Waals surface area (Å²) >= 11 is 0. The first-order chi connectivity index (χ1) is 15.7. The number of pyridine rings is 1. The van der Waals surface area contributed by atoms with Gasteiger partial charge in [0, 0.05) is 18.8 Å². The molecule has 0 aliphatic carbocycles. The molecule has 1 aromatic heterocycles. The number of anilines is 1. The summed E-state index contributed by atoms with van der Waals surface area (Å²) in [5.41, 5.74) is 3.46. The number of likely N-dealkylation sites (tertiary alicyclic amines) is 1. The lowest BCUT2D eigenvalue weighted by Gasteiger charge is -2.33. The standard InChI is InChI=1S/C26H35N3O3/c30-25(31)17-24(21-8-2-1-3-9-21)32-19-20-7-5-15-29(18-20)16-6-11-23-13-12-22-10-4-14-27-26(22)28-23/h1-3,8-9,12-13,20,24H,4-7,10-11,14-19H2,(H,27,28)(H,30,31)/t20-,24+/m1/s1. The molecule has 172 valence electrons. The fourth-order valence-corrected chi connectivity index (χ4v) is 4.83. The summed E-state index contributed by atoms with van der Waals surface area (Å²) in [4.78, 5) is 18.6. The van der Waals surface area contributed by atoms with Gasteiger partial charge < -0.3 is 20.1 Å². The Morgan fingerprint density at radius 1 is 1.22 bits per heavy atom. The van der Waals surface area contributed by atoms with Crippen molar-refractivity contribution in [3.63, 3.8) is 0 Å². The number of nitrogens with one attached hydrogen (secondary N) is 1. The summed E-state index contributed by atoms with van der Waals surface area (Å²) in [5.74, 6) is 0.711. The van der Waals surface area contributed by atoms with Crippen LogP contribution in [0.15, 0.2) is 42.5 Å². The van der Waals surface area contributed by atoms with Crippen LogP contribution in [0.3, 0.4) is 0 Å². The van der Waals surface area contributed by atoms with Gasteiger partial charge in [-0.15, -0.1) is 0 Å². The number of aromatic nitrogens is 1. The zero-order chi connectivity index (χ0) is 22.2. The normalized spacial score (nSPS) is 19.7. The van der Waals surface area contributed by atoms with E-state index >= 15 is 0 Å². The van der Waals surface area contributed by atoms with E-state index in [1.165, 1.54) is 24.1 Å². The largest absolute Gasteiger partial charge is 0.481 e. The molecule has 2 N–H and O–H groups in total. The minimum Gasteiger partial charge on any atom is -0.481 e. The number of aryl methyl sites for hydroxylation is 2. The molecular formula is C26H35N3O3. The van der Waals surface area contributed by atoms with Gasteiger partial charge in [-0.3, -0.25) is 4.79 Å². The number of carbonyl (C=O) groups is 1. The molecule has 2 atom stereocenters. The average Bonchev–Trinajstić information content (AvgIpc) is 2.82. The van der Waals surface area contributed by atoms with Crippen molar-refractivity contribution in [2.24, 2.45) is 5.92 Å². The van der Waals surface area contributed by atoms with Crippen LogP contribution in [-0.2, 0) is 22.4 Å². The molecule has 3 heterocycles. The van der Waals surface area contributed by atoms with Crippen LogP contribution >= 0.6 is 0 Å². The molecule has 6 nitrogen and oxygen atoms in total. The summed E-state index contributed by atoms with van der Waals surface area (Å²) in [6, 6.07) is 14.1. The van der Waals surface area contributed by atoms with Gasteiger partial charge in [-0.2, -0.15) is 0 Å². The Labute approximate surface area is 191 Å². The van der Waals surface area contributed by atoms with Crippen molar-refractivity contribution in [2.45, 2.75) is 51.0 Å². The molecule has 0 unspecified atom stereocenters. The molecular weight excluding hydrogens is 402 g/mol. The molecule has 0 radical (unpaired) electrons. The number of benzene rings is 1. The second kappa shape index (κ2) is 11.4. The average molecular weight is 438 g/mol. The number of nitrogens with zero attached hydrogens (tertiary/aromatic N) is 2. The van der Waals surface area contributed by atoms with Crippen LogP contribution in [-0.4, -0.2) is 53.7 Å². The van der Waals surface area contributed by atoms with Gasteiger partial charge in [-0.05, 0) is 74.7 Å². The third-order valence-corrected chi connectivity index (χ3v) is 6.53. The highest BCUT2D eigenvalue weighted by molar-refractivity contribution is 5.67. The third-order valence-electron chi connectivity index (χ3n) is 6.53. The highest BCUT2D eigenvalue weighted by Gasteiger charge is 2.23. The van der Waals surface area contributed by atoms with Gasteiger partial charge in [0.05, 0.1) is 19.1 Å². The monoisotopic (exact) mass is 437 g/mol. The molecule has 0 spiro atoms. The van der Waals surface area contributed by atoms with E-state index in [4.69, 9.17) is 9.72 Å². The molecule has 2 aliphatic rings. The minimum atomic E-state index is -0.824. The molecule has 2 aliphatic heterocycles. The van der Waals surface area contributed by atoms with Crippen LogP contribution in [0, 0.1) is 5.92 Å². The summed E-state index contributed by atoms with van der Waals surface area (Å²) in [6.07, 6.45) is 6.36. The number of ether oxygens (including phenoxy) is 1. The van der Waals surface area contributed by atoms with Crippen molar-refractivity contribution in [1.82, 2.24) is 9.88 Å². The molecule has 0 amide bonds. The Bertz CT molecular complexity index is 874. The van der Waals surface area contributed by atoms with Crippen LogP contribution < -0.4 is 5.32 Å². The first-order valence-corrected chi connectivity index (χ1v) is 12.0.